The Bertz CT molecular complexity index is 765. The van der Waals surface area contributed by atoms with Gasteiger partial charge in [-0.2, -0.15) is 0 Å². The lowest BCUT2D eigenvalue weighted by Gasteiger charge is -2.08. The Morgan fingerprint density at radius 3 is 2.43 bits per heavy atom. The normalized spacial score (nSPS) is 10.3. The van der Waals surface area contributed by atoms with Crippen LogP contribution in [-0.4, -0.2) is 9.97 Å². The van der Waals surface area contributed by atoms with Gasteiger partial charge in [-0.05, 0) is 36.5 Å². The standard InChI is InChI=1S/C16H14N2O2S/c21-16-17-10-12(18-16)11-19-14-7-4-8-15(9-14)20-13-5-2-1-3-6-13/h1-10H,11H2,(H2,17,18,21). The molecule has 3 aromatic rings. The average Bonchev–Trinajstić information content (AvgIpc) is 2.92. The molecule has 0 saturated carbocycles. The van der Waals surface area contributed by atoms with Crippen LogP contribution in [0.15, 0.2) is 60.8 Å². The summed E-state index contributed by atoms with van der Waals surface area (Å²) in [6.45, 7) is 0.419. The molecular formula is C16H14N2O2S. The topological polar surface area (TPSA) is 50.0 Å². The maximum Gasteiger partial charge on any atom is 0.174 e. The van der Waals surface area contributed by atoms with E-state index in [9.17, 15) is 0 Å². The highest BCUT2D eigenvalue weighted by molar-refractivity contribution is 7.71. The molecule has 0 unspecified atom stereocenters. The number of rotatable bonds is 5. The molecule has 0 bridgehead atoms. The van der Waals surface area contributed by atoms with Crippen molar-refractivity contribution in [2.75, 3.05) is 0 Å². The maximum atomic E-state index is 5.76. The Morgan fingerprint density at radius 2 is 1.67 bits per heavy atom. The van der Waals surface area contributed by atoms with Crippen LogP contribution < -0.4 is 9.47 Å². The molecule has 4 nitrogen and oxygen atoms in total. The zero-order valence-electron chi connectivity index (χ0n) is 11.2. The summed E-state index contributed by atoms with van der Waals surface area (Å²) in [5, 5.41) is 0. The molecule has 0 aliphatic carbocycles. The van der Waals surface area contributed by atoms with Crippen LogP contribution in [0.25, 0.3) is 0 Å². The van der Waals surface area contributed by atoms with Gasteiger partial charge in [-0.25, -0.2) is 0 Å². The van der Waals surface area contributed by atoms with E-state index in [0.717, 1.165) is 22.9 Å². The van der Waals surface area contributed by atoms with Gasteiger partial charge in [0.15, 0.2) is 4.77 Å². The van der Waals surface area contributed by atoms with Crippen molar-refractivity contribution in [2.45, 2.75) is 6.61 Å². The summed E-state index contributed by atoms with van der Waals surface area (Å²) in [4.78, 5) is 5.91. The van der Waals surface area contributed by atoms with Gasteiger partial charge in [-0.15, -0.1) is 0 Å². The van der Waals surface area contributed by atoms with Gasteiger partial charge in [-0.1, -0.05) is 24.3 Å². The van der Waals surface area contributed by atoms with E-state index >= 15 is 0 Å². The molecule has 2 N–H and O–H groups in total. The predicted octanol–water partition coefficient (Wildman–Crippen LogP) is 4.44. The van der Waals surface area contributed by atoms with Crippen LogP contribution in [0.1, 0.15) is 5.69 Å². The Morgan fingerprint density at radius 1 is 0.905 bits per heavy atom. The molecule has 0 spiro atoms. The molecule has 3 rings (SSSR count). The van der Waals surface area contributed by atoms with Crippen molar-refractivity contribution in [1.29, 1.82) is 0 Å². The minimum Gasteiger partial charge on any atom is -0.487 e. The van der Waals surface area contributed by atoms with E-state index in [1.165, 1.54) is 0 Å². The van der Waals surface area contributed by atoms with Crippen LogP contribution in [0.2, 0.25) is 0 Å². The number of imidazole rings is 1. The summed E-state index contributed by atoms with van der Waals surface area (Å²) < 4.78 is 12.1. The van der Waals surface area contributed by atoms with Gasteiger partial charge in [0, 0.05) is 12.3 Å². The van der Waals surface area contributed by atoms with Crippen molar-refractivity contribution in [2.24, 2.45) is 0 Å². The van der Waals surface area contributed by atoms with Crippen molar-refractivity contribution < 1.29 is 9.47 Å². The van der Waals surface area contributed by atoms with Gasteiger partial charge in [0.2, 0.25) is 0 Å². The third-order valence-corrected chi connectivity index (χ3v) is 3.05. The second-order valence-electron chi connectivity index (χ2n) is 4.45. The van der Waals surface area contributed by atoms with E-state index in [1.54, 1.807) is 6.20 Å². The first-order valence-corrected chi connectivity index (χ1v) is 6.93. The minimum atomic E-state index is 0.419. The number of hydrogen-bond acceptors (Lipinski definition) is 3. The number of aromatic amines is 2. The van der Waals surface area contributed by atoms with E-state index in [4.69, 9.17) is 21.7 Å². The van der Waals surface area contributed by atoms with Gasteiger partial charge < -0.3 is 19.4 Å². The molecule has 0 amide bonds. The van der Waals surface area contributed by atoms with Gasteiger partial charge in [0.05, 0.1) is 5.69 Å². The summed E-state index contributed by atoms with van der Waals surface area (Å²) in [6.07, 6.45) is 1.80. The Hall–Kier alpha value is -2.53. The second-order valence-corrected chi connectivity index (χ2v) is 4.85. The number of benzene rings is 2. The molecular weight excluding hydrogens is 284 g/mol. The fourth-order valence-corrected chi connectivity index (χ4v) is 2.05. The fraction of sp³-hybridized carbons (Fsp3) is 0.0625. The first-order chi connectivity index (χ1) is 10.3. The second kappa shape index (κ2) is 6.28. The molecule has 0 aliphatic rings. The summed E-state index contributed by atoms with van der Waals surface area (Å²) >= 11 is 4.97. The summed E-state index contributed by atoms with van der Waals surface area (Å²) in [5.41, 5.74) is 0.898. The summed E-state index contributed by atoms with van der Waals surface area (Å²) in [7, 11) is 0. The van der Waals surface area contributed by atoms with E-state index in [1.807, 2.05) is 54.6 Å². The predicted molar refractivity (Wildman–Crippen MR) is 83.3 cm³/mol. The van der Waals surface area contributed by atoms with Gasteiger partial charge in [0.1, 0.15) is 23.9 Å². The first kappa shape index (κ1) is 13.5. The quantitative estimate of drug-likeness (QED) is 0.684. The molecule has 0 aliphatic heterocycles. The number of para-hydroxylation sites is 1. The largest absolute Gasteiger partial charge is 0.487 e. The lowest BCUT2D eigenvalue weighted by atomic mass is 10.3. The Labute approximate surface area is 127 Å². The van der Waals surface area contributed by atoms with E-state index in [2.05, 4.69) is 9.97 Å². The number of H-pyrrole nitrogens is 2. The highest BCUT2D eigenvalue weighted by Gasteiger charge is 2.01. The number of nitrogens with one attached hydrogen (secondary N) is 2. The lowest BCUT2D eigenvalue weighted by Crippen LogP contribution is -1.95. The molecule has 1 heterocycles. The van der Waals surface area contributed by atoms with Crippen molar-refractivity contribution in [3.05, 3.63) is 71.3 Å². The van der Waals surface area contributed by atoms with Crippen molar-refractivity contribution in [3.8, 4) is 17.2 Å². The molecule has 2 aromatic carbocycles. The number of hydrogen-bond donors (Lipinski definition) is 2. The van der Waals surface area contributed by atoms with Crippen LogP contribution in [0.4, 0.5) is 0 Å². The van der Waals surface area contributed by atoms with E-state index in [0.29, 0.717) is 11.4 Å². The molecule has 106 valence electrons. The third-order valence-electron chi connectivity index (χ3n) is 2.83. The third kappa shape index (κ3) is 3.73. The van der Waals surface area contributed by atoms with Crippen LogP contribution in [0, 0.1) is 4.77 Å². The zero-order chi connectivity index (χ0) is 14.5. The van der Waals surface area contributed by atoms with Crippen molar-refractivity contribution in [1.82, 2.24) is 9.97 Å². The van der Waals surface area contributed by atoms with Crippen LogP contribution >= 0.6 is 12.2 Å². The molecule has 1 aromatic heterocycles. The first-order valence-electron chi connectivity index (χ1n) is 6.52. The SMILES string of the molecule is S=c1[nH]cc(COc2cccc(Oc3ccccc3)c2)[nH]1. The molecule has 0 saturated heterocycles. The number of aromatic nitrogens is 2. The summed E-state index contributed by atoms with van der Waals surface area (Å²) in [5.74, 6) is 2.27. The van der Waals surface area contributed by atoms with Crippen LogP contribution in [0.5, 0.6) is 17.2 Å². The fourth-order valence-electron chi connectivity index (χ4n) is 1.86. The van der Waals surface area contributed by atoms with Crippen molar-refractivity contribution >= 4 is 12.2 Å². The van der Waals surface area contributed by atoms with Gasteiger partial charge >= 0.3 is 0 Å². The average molecular weight is 298 g/mol. The van der Waals surface area contributed by atoms with Gasteiger partial charge in [-0.3, -0.25) is 0 Å². The highest BCUT2D eigenvalue weighted by Crippen LogP contribution is 2.25. The lowest BCUT2D eigenvalue weighted by molar-refractivity contribution is 0.300. The van der Waals surface area contributed by atoms with E-state index in [-0.39, 0.29) is 0 Å². The monoisotopic (exact) mass is 298 g/mol. The Balaban J connectivity index is 1.67. The summed E-state index contributed by atoms with van der Waals surface area (Å²) in [6, 6.07) is 17.2. The Kier molecular flexibility index (Phi) is 4.02. The molecule has 0 fully saturated rings. The van der Waals surface area contributed by atoms with Crippen molar-refractivity contribution in [3.63, 3.8) is 0 Å². The highest BCUT2D eigenvalue weighted by atomic mass is 32.1. The maximum absolute atomic E-state index is 5.76. The molecule has 0 atom stereocenters. The van der Waals surface area contributed by atoms with Crippen LogP contribution in [-0.2, 0) is 6.61 Å². The van der Waals surface area contributed by atoms with Gasteiger partial charge in [0.25, 0.3) is 0 Å². The van der Waals surface area contributed by atoms with Crippen LogP contribution in [0.3, 0.4) is 0 Å². The molecule has 21 heavy (non-hydrogen) atoms. The van der Waals surface area contributed by atoms with E-state index < -0.39 is 0 Å². The zero-order valence-corrected chi connectivity index (χ0v) is 12.0. The molecule has 0 radical (unpaired) electrons. The number of ether oxygens (including phenoxy) is 2. The molecule has 5 heteroatoms. The smallest absolute Gasteiger partial charge is 0.174 e. The minimum absolute atomic E-state index is 0.419.